The number of esters is 2. The summed E-state index contributed by atoms with van der Waals surface area (Å²) in [6, 6.07) is 0. The molecule has 0 aromatic heterocycles. The molecule has 0 bridgehead atoms. The largest absolute Gasteiger partial charge is 0.454 e. The summed E-state index contributed by atoms with van der Waals surface area (Å²) < 4.78 is 32.3. The molecule has 0 spiro atoms. The number of hydrogen-bond acceptors (Lipinski definition) is 4. The first-order valence-electron chi connectivity index (χ1n) is 4.26. The molecule has 0 N–H and O–H groups in total. The van der Waals surface area contributed by atoms with Gasteiger partial charge in [0.15, 0.2) is 0 Å². The highest BCUT2D eigenvalue weighted by Crippen LogP contribution is 2.01. The molecule has 86 valence electrons. The summed E-state index contributed by atoms with van der Waals surface area (Å²) in [5.41, 5.74) is 0. The van der Waals surface area contributed by atoms with Gasteiger partial charge < -0.3 is 9.47 Å². The normalized spacial score (nSPS) is 11.6. The minimum atomic E-state index is -1.33. The molecule has 0 amide bonds. The van der Waals surface area contributed by atoms with Gasteiger partial charge in [0.25, 0.3) is 0 Å². The summed E-state index contributed by atoms with van der Waals surface area (Å²) in [5, 5.41) is 0. The van der Waals surface area contributed by atoms with Crippen LogP contribution in [0.3, 0.4) is 0 Å². The third-order valence-corrected chi connectivity index (χ3v) is 1.35. The third kappa shape index (κ3) is 5.77. The summed E-state index contributed by atoms with van der Waals surface area (Å²) in [5.74, 6) is -2.65. The first-order chi connectivity index (χ1) is 7.15. The number of rotatable bonds is 6. The van der Waals surface area contributed by atoms with Crippen molar-refractivity contribution in [1.82, 2.24) is 0 Å². The summed E-state index contributed by atoms with van der Waals surface area (Å²) >= 11 is 0. The van der Waals surface area contributed by atoms with Crippen LogP contribution in [0.5, 0.6) is 0 Å². The molecule has 0 aliphatic heterocycles. The molecule has 0 radical (unpaired) electrons. The topological polar surface area (TPSA) is 52.6 Å². The Labute approximate surface area is 85.9 Å². The minimum Gasteiger partial charge on any atom is -0.454 e. The zero-order valence-corrected chi connectivity index (χ0v) is 8.08. The van der Waals surface area contributed by atoms with Crippen LogP contribution < -0.4 is 0 Å². The lowest BCUT2D eigenvalue weighted by molar-refractivity contribution is -0.171. The van der Waals surface area contributed by atoms with Crippen LogP contribution in [-0.4, -0.2) is 38.0 Å². The zero-order valence-electron chi connectivity index (χ0n) is 8.08. The number of hydrogen-bond donors (Lipinski definition) is 0. The SMILES string of the molecule is C=CCC(CF)OC(=O)C(=O)OCCF. The predicted octanol–water partition coefficient (Wildman–Crippen LogP) is 0.956. The van der Waals surface area contributed by atoms with Crippen LogP contribution >= 0.6 is 0 Å². The molecule has 0 aromatic carbocycles. The number of alkyl halides is 2. The van der Waals surface area contributed by atoms with Gasteiger partial charge in [-0.15, -0.1) is 6.58 Å². The lowest BCUT2D eigenvalue weighted by atomic mass is 10.3. The second-order valence-electron chi connectivity index (χ2n) is 2.53. The number of carbonyl (C=O) groups is 2. The van der Waals surface area contributed by atoms with Gasteiger partial charge >= 0.3 is 11.9 Å². The lowest BCUT2D eigenvalue weighted by Crippen LogP contribution is -2.27. The number of carbonyl (C=O) groups excluding carboxylic acids is 2. The minimum absolute atomic E-state index is 0.0959. The molecule has 0 aliphatic rings. The molecule has 0 fully saturated rings. The van der Waals surface area contributed by atoms with Crippen LogP contribution in [0.2, 0.25) is 0 Å². The second-order valence-corrected chi connectivity index (χ2v) is 2.53. The Bertz CT molecular complexity index is 230. The molecule has 0 saturated heterocycles. The fourth-order valence-corrected chi connectivity index (χ4v) is 0.718. The van der Waals surface area contributed by atoms with Gasteiger partial charge in [-0.1, -0.05) is 6.08 Å². The van der Waals surface area contributed by atoms with Crippen LogP contribution in [0.15, 0.2) is 12.7 Å². The van der Waals surface area contributed by atoms with E-state index in [0.29, 0.717) is 0 Å². The molecule has 6 heteroatoms. The summed E-state index contributed by atoms with van der Waals surface area (Å²) in [6.45, 7) is 0.995. The van der Waals surface area contributed by atoms with Crippen LogP contribution in [0.4, 0.5) is 8.78 Å². The van der Waals surface area contributed by atoms with E-state index < -0.39 is 38.0 Å². The van der Waals surface area contributed by atoms with E-state index in [2.05, 4.69) is 16.1 Å². The monoisotopic (exact) mass is 222 g/mol. The van der Waals surface area contributed by atoms with E-state index in [-0.39, 0.29) is 6.42 Å². The standard InChI is InChI=1S/C9H12F2O4/c1-2-3-7(6-11)15-9(13)8(12)14-5-4-10/h2,7H,1,3-6H2. The summed E-state index contributed by atoms with van der Waals surface area (Å²) in [7, 11) is 0. The molecule has 4 nitrogen and oxygen atoms in total. The highest BCUT2D eigenvalue weighted by atomic mass is 19.1. The van der Waals surface area contributed by atoms with Crippen molar-refractivity contribution >= 4 is 11.9 Å². The van der Waals surface area contributed by atoms with Crippen molar-refractivity contribution in [2.75, 3.05) is 20.0 Å². The van der Waals surface area contributed by atoms with Crippen LogP contribution in [0.25, 0.3) is 0 Å². The Morgan fingerprint density at radius 3 is 2.47 bits per heavy atom. The van der Waals surface area contributed by atoms with E-state index in [1.54, 1.807) is 0 Å². The molecule has 1 atom stereocenters. The van der Waals surface area contributed by atoms with E-state index in [9.17, 15) is 18.4 Å². The Kier molecular flexibility index (Phi) is 7.13. The van der Waals surface area contributed by atoms with Crippen LogP contribution in [0.1, 0.15) is 6.42 Å². The smallest absolute Gasteiger partial charge is 0.417 e. The average Bonchev–Trinajstić information content (AvgIpc) is 2.24. The first-order valence-corrected chi connectivity index (χ1v) is 4.26. The molecule has 15 heavy (non-hydrogen) atoms. The van der Waals surface area contributed by atoms with Crippen molar-refractivity contribution in [2.24, 2.45) is 0 Å². The van der Waals surface area contributed by atoms with Gasteiger partial charge in [-0.3, -0.25) is 0 Å². The summed E-state index contributed by atoms with van der Waals surface area (Å²) in [6.07, 6.45) is 0.399. The Hall–Kier alpha value is -1.46. The van der Waals surface area contributed by atoms with E-state index in [0.717, 1.165) is 0 Å². The molecule has 0 rings (SSSR count). The zero-order chi connectivity index (χ0) is 11.7. The molecule has 0 aliphatic carbocycles. The fourth-order valence-electron chi connectivity index (χ4n) is 0.718. The van der Waals surface area contributed by atoms with Crippen molar-refractivity contribution in [3.05, 3.63) is 12.7 Å². The molecule has 0 heterocycles. The highest BCUT2D eigenvalue weighted by Gasteiger charge is 2.21. The molecule has 0 saturated carbocycles. The third-order valence-electron chi connectivity index (χ3n) is 1.35. The van der Waals surface area contributed by atoms with Crippen LogP contribution in [-0.2, 0) is 19.1 Å². The first kappa shape index (κ1) is 13.5. The Balaban J connectivity index is 3.98. The van der Waals surface area contributed by atoms with Gasteiger partial charge in [-0.2, -0.15) is 0 Å². The van der Waals surface area contributed by atoms with Gasteiger partial charge in [0.1, 0.15) is 26.1 Å². The van der Waals surface area contributed by atoms with E-state index >= 15 is 0 Å². The second kappa shape index (κ2) is 7.90. The quantitative estimate of drug-likeness (QED) is 0.381. The van der Waals surface area contributed by atoms with E-state index in [1.165, 1.54) is 6.08 Å². The summed E-state index contributed by atoms with van der Waals surface area (Å²) in [4.78, 5) is 21.6. The number of halogens is 2. The van der Waals surface area contributed by atoms with Gasteiger partial charge in [0.2, 0.25) is 0 Å². The fraction of sp³-hybridized carbons (Fsp3) is 0.556. The van der Waals surface area contributed by atoms with Gasteiger partial charge in [0, 0.05) is 6.42 Å². The van der Waals surface area contributed by atoms with Crippen molar-refractivity contribution in [2.45, 2.75) is 12.5 Å². The van der Waals surface area contributed by atoms with Gasteiger partial charge in [0.05, 0.1) is 0 Å². The molecule has 1 unspecified atom stereocenters. The van der Waals surface area contributed by atoms with Gasteiger partial charge in [-0.05, 0) is 0 Å². The van der Waals surface area contributed by atoms with Crippen molar-refractivity contribution in [1.29, 1.82) is 0 Å². The maximum absolute atomic E-state index is 12.2. The van der Waals surface area contributed by atoms with Crippen molar-refractivity contribution in [3.63, 3.8) is 0 Å². The Morgan fingerprint density at radius 1 is 1.33 bits per heavy atom. The van der Waals surface area contributed by atoms with E-state index in [1.807, 2.05) is 0 Å². The van der Waals surface area contributed by atoms with Crippen LogP contribution in [0, 0.1) is 0 Å². The average molecular weight is 222 g/mol. The maximum Gasteiger partial charge on any atom is 0.417 e. The highest BCUT2D eigenvalue weighted by molar-refractivity contribution is 6.29. The van der Waals surface area contributed by atoms with Gasteiger partial charge in [-0.25, -0.2) is 18.4 Å². The molecular formula is C9H12F2O4. The molecule has 0 aromatic rings. The van der Waals surface area contributed by atoms with E-state index in [4.69, 9.17) is 0 Å². The van der Waals surface area contributed by atoms with Crippen molar-refractivity contribution in [3.8, 4) is 0 Å². The number of ether oxygens (including phenoxy) is 2. The predicted molar refractivity (Wildman–Crippen MR) is 47.6 cm³/mol. The maximum atomic E-state index is 12.2. The van der Waals surface area contributed by atoms with Crippen molar-refractivity contribution < 1.29 is 27.8 Å². The molecular weight excluding hydrogens is 210 g/mol. The lowest BCUT2D eigenvalue weighted by Gasteiger charge is -2.11. The Morgan fingerprint density at radius 2 is 2.00 bits per heavy atom.